The van der Waals surface area contributed by atoms with Crippen molar-refractivity contribution in [3.63, 3.8) is 0 Å². The first-order valence-corrected chi connectivity index (χ1v) is 6.85. The molecule has 1 fully saturated rings. The lowest BCUT2D eigenvalue weighted by Gasteiger charge is -2.14. The lowest BCUT2D eigenvalue weighted by atomic mass is 10.1. The topological polar surface area (TPSA) is 69.7 Å². The lowest BCUT2D eigenvalue weighted by Crippen LogP contribution is -2.41. The number of carbonyl (C=O) groups excluding carboxylic acids is 3. The molecule has 0 atom stereocenters. The highest BCUT2D eigenvalue weighted by atomic mass is 16.2. The number of nitrogens with one attached hydrogen (secondary N) is 1. The standard InChI is InChI=1S/C15H19N3O3/c1-11-5-3-4-6-12(11)7-8-16-13(19)9-18-14(20)10-17(2)15(18)21/h3-6H,7-10H2,1-2H3,(H,16,19). The van der Waals surface area contributed by atoms with Crippen LogP contribution in [0.1, 0.15) is 11.1 Å². The molecule has 6 heteroatoms. The molecular formula is C15H19N3O3. The van der Waals surface area contributed by atoms with Crippen LogP contribution in [0.4, 0.5) is 4.79 Å². The number of hydrogen-bond donors (Lipinski definition) is 1. The van der Waals surface area contributed by atoms with Crippen LogP contribution >= 0.6 is 0 Å². The maximum Gasteiger partial charge on any atom is 0.327 e. The van der Waals surface area contributed by atoms with E-state index in [1.807, 2.05) is 31.2 Å². The minimum Gasteiger partial charge on any atom is -0.354 e. The van der Waals surface area contributed by atoms with E-state index in [1.165, 1.54) is 23.1 Å². The van der Waals surface area contributed by atoms with Crippen LogP contribution in [0.3, 0.4) is 0 Å². The summed E-state index contributed by atoms with van der Waals surface area (Å²) in [6, 6.07) is 7.55. The summed E-state index contributed by atoms with van der Waals surface area (Å²) in [4.78, 5) is 37.3. The van der Waals surface area contributed by atoms with Gasteiger partial charge in [0, 0.05) is 13.6 Å². The van der Waals surface area contributed by atoms with E-state index < -0.39 is 6.03 Å². The number of amides is 4. The summed E-state index contributed by atoms with van der Waals surface area (Å²) in [5.74, 6) is -0.655. The Hall–Kier alpha value is -2.37. The predicted octanol–water partition coefficient (Wildman–Crippen LogP) is 0.548. The van der Waals surface area contributed by atoms with Crippen molar-refractivity contribution in [2.75, 3.05) is 26.7 Å². The molecule has 21 heavy (non-hydrogen) atoms. The number of imide groups is 1. The highest BCUT2D eigenvalue weighted by Crippen LogP contribution is 2.08. The number of carbonyl (C=O) groups is 3. The third-order valence-electron chi connectivity index (χ3n) is 3.51. The second-order valence-electron chi connectivity index (χ2n) is 5.14. The summed E-state index contributed by atoms with van der Waals surface area (Å²) in [6.45, 7) is 2.33. The summed E-state index contributed by atoms with van der Waals surface area (Å²) in [5, 5.41) is 2.74. The Bertz CT molecular complexity index is 571. The fourth-order valence-corrected chi connectivity index (χ4v) is 2.25. The van der Waals surface area contributed by atoms with Crippen LogP contribution in [-0.2, 0) is 16.0 Å². The first-order valence-electron chi connectivity index (χ1n) is 6.85. The maximum atomic E-state index is 11.8. The van der Waals surface area contributed by atoms with Gasteiger partial charge >= 0.3 is 6.03 Å². The van der Waals surface area contributed by atoms with Crippen LogP contribution in [0, 0.1) is 6.92 Å². The van der Waals surface area contributed by atoms with E-state index in [4.69, 9.17) is 0 Å². The molecule has 1 aromatic rings. The SMILES string of the molecule is Cc1ccccc1CCNC(=O)CN1C(=O)CN(C)C1=O. The Balaban J connectivity index is 1.79. The van der Waals surface area contributed by atoms with Crippen LogP contribution in [0.25, 0.3) is 0 Å². The number of likely N-dealkylation sites (N-methyl/N-ethyl adjacent to an activating group) is 1. The molecular weight excluding hydrogens is 270 g/mol. The Kier molecular flexibility index (Phi) is 4.57. The number of nitrogens with zero attached hydrogens (tertiary/aromatic N) is 2. The molecule has 0 aromatic heterocycles. The van der Waals surface area contributed by atoms with E-state index in [9.17, 15) is 14.4 Å². The van der Waals surface area contributed by atoms with Gasteiger partial charge < -0.3 is 10.2 Å². The van der Waals surface area contributed by atoms with Crippen LogP contribution < -0.4 is 5.32 Å². The average molecular weight is 289 g/mol. The molecule has 1 heterocycles. The molecule has 0 bridgehead atoms. The highest BCUT2D eigenvalue weighted by Gasteiger charge is 2.34. The van der Waals surface area contributed by atoms with Gasteiger partial charge in [-0.25, -0.2) is 4.79 Å². The summed E-state index contributed by atoms with van der Waals surface area (Å²) in [5.41, 5.74) is 2.35. The molecule has 0 saturated carbocycles. The van der Waals surface area contributed by atoms with Crippen molar-refractivity contribution in [2.24, 2.45) is 0 Å². The van der Waals surface area contributed by atoms with Crippen LogP contribution in [0.5, 0.6) is 0 Å². The molecule has 0 radical (unpaired) electrons. The van der Waals surface area contributed by atoms with Gasteiger partial charge in [-0.3, -0.25) is 14.5 Å². The average Bonchev–Trinajstić information content (AvgIpc) is 2.68. The molecule has 112 valence electrons. The zero-order valence-corrected chi connectivity index (χ0v) is 12.3. The van der Waals surface area contributed by atoms with Gasteiger partial charge in [0.2, 0.25) is 5.91 Å². The molecule has 1 aliphatic rings. The summed E-state index contributed by atoms with van der Waals surface area (Å²) >= 11 is 0. The van der Waals surface area contributed by atoms with Gasteiger partial charge in [0.25, 0.3) is 5.91 Å². The van der Waals surface area contributed by atoms with Crippen molar-refractivity contribution in [1.29, 1.82) is 0 Å². The van der Waals surface area contributed by atoms with E-state index in [0.29, 0.717) is 6.54 Å². The Morgan fingerprint density at radius 1 is 1.29 bits per heavy atom. The Morgan fingerprint density at radius 2 is 2.00 bits per heavy atom. The summed E-state index contributed by atoms with van der Waals surface area (Å²) in [7, 11) is 1.54. The zero-order valence-electron chi connectivity index (χ0n) is 12.3. The minimum absolute atomic E-state index is 0.0370. The van der Waals surface area contributed by atoms with Gasteiger partial charge in [-0.1, -0.05) is 24.3 Å². The zero-order chi connectivity index (χ0) is 15.4. The van der Waals surface area contributed by atoms with Crippen molar-refractivity contribution in [1.82, 2.24) is 15.1 Å². The summed E-state index contributed by atoms with van der Waals surface area (Å²) in [6.07, 6.45) is 0.722. The Morgan fingerprint density at radius 3 is 2.62 bits per heavy atom. The number of rotatable bonds is 5. The smallest absolute Gasteiger partial charge is 0.327 e. The first kappa shape index (κ1) is 15.0. The first-order chi connectivity index (χ1) is 9.99. The Labute approximate surface area is 123 Å². The van der Waals surface area contributed by atoms with Crippen molar-refractivity contribution in [2.45, 2.75) is 13.3 Å². The second-order valence-corrected chi connectivity index (χ2v) is 5.14. The third kappa shape index (κ3) is 3.59. The van der Waals surface area contributed by atoms with Gasteiger partial charge in [-0.05, 0) is 24.5 Å². The molecule has 0 unspecified atom stereocenters. The van der Waals surface area contributed by atoms with Crippen molar-refractivity contribution in [3.8, 4) is 0 Å². The number of hydrogen-bond acceptors (Lipinski definition) is 3. The maximum absolute atomic E-state index is 11.8. The van der Waals surface area contributed by atoms with Crippen molar-refractivity contribution in [3.05, 3.63) is 35.4 Å². The monoisotopic (exact) mass is 289 g/mol. The second kappa shape index (κ2) is 6.39. The van der Waals surface area contributed by atoms with Gasteiger partial charge in [-0.2, -0.15) is 0 Å². The molecule has 1 aromatic carbocycles. The molecule has 6 nitrogen and oxygen atoms in total. The van der Waals surface area contributed by atoms with E-state index >= 15 is 0 Å². The largest absolute Gasteiger partial charge is 0.354 e. The van der Waals surface area contributed by atoms with Crippen molar-refractivity contribution >= 4 is 17.8 Å². The molecule has 1 aliphatic heterocycles. The normalized spacial score (nSPS) is 14.8. The van der Waals surface area contributed by atoms with E-state index in [-0.39, 0.29) is 24.9 Å². The number of aryl methyl sites for hydroxylation is 1. The van der Waals surface area contributed by atoms with E-state index in [1.54, 1.807) is 0 Å². The van der Waals surface area contributed by atoms with Crippen LogP contribution in [0.2, 0.25) is 0 Å². The molecule has 1 saturated heterocycles. The van der Waals surface area contributed by atoms with Gasteiger partial charge in [0.15, 0.2) is 0 Å². The fraction of sp³-hybridized carbons (Fsp3) is 0.400. The molecule has 0 spiro atoms. The predicted molar refractivity (Wildman–Crippen MR) is 77.6 cm³/mol. The minimum atomic E-state index is -0.422. The third-order valence-corrected chi connectivity index (χ3v) is 3.51. The molecule has 1 N–H and O–H groups in total. The van der Waals surface area contributed by atoms with Gasteiger partial charge in [0.1, 0.15) is 13.1 Å². The van der Waals surface area contributed by atoms with Crippen LogP contribution in [-0.4, -0.2) is 54.3 Å². The fourth-order valence-electron chi connectivity index (χ4n) is 2.25. The molecule has 0 aliphatic carbocycles. The molecule has 4 amide bonds. The quantitative estimate of drug-likeness (QED) is 0.805. The van der Waals surface area contributed by atoms with Crippen molar-refractivity contribution < 1.29 is 14.4 Å². The number of benzene rings is 1. The van der Waals surface area contributed by atoms with Crippen LogP contribution in [0.15, 0.2) is 24.3 Å². The summed E-state index contributed by atoms with van der Waals surface area (Å²) < 4.78 is 0. The van der Waals surface area contributed by atoms with Gasteiger partial charge in [-0.15, -0.1) is 0 Å². The van der Waals surface area contributed by atoms with E-state index in [0.717, 1.165) is 11.3 Å². The van der Waals surface area contributed by atoms with Gasteiger partial charge in [0.05, 0.1) is 0 Å². The number of urea groups is 1. The lowest BCUT2D eigenvalue weighted by molar-refractivity contribution is -0.130. The highest BCUT2D eigenvalue weighted by molar-refractivity contribution is 6.04. The molecule has 2 rings (SSSR count). The van der Waals surface area contributed by atoms with E-state index in [2.05, 4.69) is 5.32 Å².